The lowest BCUT2D eigenvalue weighted by Gasteiger charge is -2.19. The number of nitrogens with one attached hydrogen (secondary N) is 3. The molecule has 4 rings (SSSR count). The molecule has 8 nitrogen and oxygen atoms in total. The summed E-state index contributed by atoms with van der Waals surface area (Å²) in [5.41, 5.74) is 10.0. The number of para-hydroxylation sites is 3. The van der Waals surface area contributed by atoms with Crippen LogP contribution in [-0.4, -0.2) is 34.6 Å². The summed E-state index contributed by atoms with van der Waals surface area (Å²) in [6.07, 6.45) is 1.29. The van der Waals surface area contributed by atoms with Crippen LogP contribution in [-0.2, 0) is 21.9 Å². The monoisotopic (exact) mass is 517 g/mol. The standard InChI is InChI=1S/C28H31N5O3S/c29-17-9-8-16-25(33-28(35)36-18-20-10-2-1-3-11-20)26(34)30-22-13-5-4-12-21(22)19-37-27-31-23-14-6-7-15-24(23)32-27/h1-7,10-15,25H,8-9,16-19,29H2,(H,30,34)(H,31,32)(H,33,35)/t25-/m0/s1. The predicted octanol–water partition coefficient (Wildman–Crippen LogP) is 5.22. The third-order valence-corrected chi connectivity index (χ3v) is 6.70. The number of hydrogen-bond donors (Lipinski definition) is 4. The Morgan fingerprint density at radius 3 is 2.54 bits per heavy atom. The molecule has 4 aromatic rings. The highest BCUT2D eigenvalue weighted by Gasteiger charge is 2.22. The van der Waals surface area contributed by atoms with E-state index >= 15 is 0 Å². The Hall–Kier alpha value is -3.82. The number of amides is 2. The molecule has 37 heavy (non-hydrogen) atoms. The van der Waals surface area contributed by atoms with E-state index < -0.39 is 12.1 Å². The van der Waals surface area contributed by atoms with E-state index in [1.54, 1.807) is 11.8 Å². The van der Waals surface area contributed by atoms with Crippen LogP contribution in [0.15, 0.2) is 84.0 Å². The van der Waals surface area contributed by atoms with Crippen LogP contribution in [0, 0.1) is 0 Å². The summed E-state index contributed by atoms with van der Waals surface area (Å²) in [6.45, 7) is 0.653. The Morgan fingerprint density at radius 1 is 0.973 bits per heavy atom. The average molecular weight is 518 g/mol. The molecule has 0 aliphatic heterocycles. The van der Waals surface area contributed by atoms with Crippen LogP contribution in [0.4, 0.5) is 10.5 Å². The van der Waals surface area contributed by atoms with Crippen LogP contribution in [0.1, 0.15) is 30.4 Å². The Kier molecular flexibility index (Phi) is 9.56. The maximum Gasteiger partial charge on any atom is 0.408 e. The molecule has 192 valence electrons. The first-order valence-corrected chi connectivity index (χ1v) is 13.2. The Morgan fingerprint density at radius 2 is 1.73 bits per heavy atom. The number of rotatable bonds is 12. The lowest BCUT2D eigenvalue weighted by molar-refractivity contribution is -0.118. The van der Waals surface area contributed by atoms with Crippen molar-refractivity contribution in [2.75, 3.05) is 11.9 Å². The highest BCUT2D eigenvalue weighted by atomic mass is 32.2. The second kappa shape index (κ2) is 13.5. The lowest BCUT2D eigenvalue weighted by atomic mass is 10.1. The molecule has 0 unspecified atom stereocenters. The molecule has 0 radical (unpaired) electrons. The van der Waals surface area contributed by atoms with Gasteiger partial charge in [0.15, 0.2) is 5.16 Å². The molecule has 1 aromatic heterocycles. The number of thioether (sulfide) groups is 1. The van der Waals surface area contributed by atoms with Gasteiger partial charge in [0.1, 0.15) is 12.6 Å². The SMILES string of the molecule is NCCCC[C@H](NC(=O)OCc1ccccc1)C(=O)Nc1ccccc1CSc1nc2ccccc2[nH]1. The third-order valence-electron chi connectivity index (χ3n) is 5.78. The van der Waals surface area contributed by atoms with Gasteiger partial charge in [0.2, 0.25) is 5.91 Å². The summed E-state index contributed by atoms with van der Waals surface area (Å²) < 4.78 is 5.33. The van der Waals surface area contributed by atoms with Crippen LogP contribution >= 0.6 is 11.8 Å². The number of anilines is 1. The lowest BCUT2D eigenvalue weighted by Crippen LogP contribution is -2.44. The van der Waals surface area contributed by atoms with E-state index in [0.717, 1.165) is 33.7 Å². The molecule has 1 heterocycles. The number of aromatic amines is 1. The van der Waals surface area contributed by atoms with Crippen molar-refractivity contribution in [3.05, 3.63) is 90.0 Å². The second-order valence-electron chi connectivity index (χ2n) is 8.54. The number of carbonyl (C=O) groups is 2. The minimum absolute atomic E-state index is 0.131. The molecule has 2 amide bonds. The van der Waals surface area contributed by atoms with Gasteiger partial charge in [-0.2, -0.15) is 0 Å². The molecule has 3 aromatic carbocycles. The van der Waals surface area contributed by atoms with Gasteiger partial charge in [0, 0.05) is 11.4 Å². The second-order valence-corrected chi connectivity index (χ2v) is 9.50. The van der Waals surface area contributed by atoms with Crippen LogP contribution in [0.25, 0.3) is 11.0 Å². The Bertz CT molecular complexity index is 1280. The normalized spacial score (nSPS) is 11.7. The summed E-state index contributed by atoms with van der Waals surface area (Å²) >= 11 is 1.56. The van der Waals surface area contributed by atoms with Gasteiger partial charge in [-0.25, -0.2) is 9.78 Å². The molecular weight excluding hydrogens is 486 g/mol. The molecule has 0 aliphatic carbocycles. The summed E-state index contributed by atoms with van der Waals surface area (Å²) in [5.74, 6) is 0.315. The van der Waals surface area contributed by atoms with Crippen molar-refractivity contribution < 1.29 is 14.3 Å². The number of hydrogen-bond acceptors (Lipinski definition) is 6. The van der Waals surface area contributed by atoms with E-state index in [1.165, 1.54) is 0 Å². The molecule has 0 saturated heterocycles. The zero-order valence-corrected chi connectivity index (χ0v) is 21.3. The van der Waals surface area contributed by atoms with E-state index in [-0.39, 0.29) is 12.5 Å². The van der Waals surface area contributed by atoms with Crippen molar-refractivity contribution in [1.29, 1.82) is 0 Å². The summed E-state index contributed by atoms with van der Waals surface area (Å²) in [4.78, 5) is 33.6. The quantitative estimate of drug-likeness (QED) is 0.151. The van der Waals surface area contributed by atoms with E-state index in [1.807, 2.05) is 78.9 Å². The smallest absolute Gasteiger partial charge is 0.408 e. The number of carbonyl (C=O) groups excluding carboxylic acids is 2. The van der Waals surface area contributed by atoms with Crippen LogP contribution < -0.4 is 16.4 Å². The molecule has 9 heteroatoms. The fraction of sp³-hybridized carbons (Fsp3) is 0.250. The van der Waals surface area contributed by atoms with Gasteiger partial charge in [-0.3, -0.25) is 4.79 Å². The van der Waals surface area contributed by atoms with E-state index in [9.17, 15) is 9.59 Å². The Balaban J connectivity index is 1.38. The van der Waals surface area contributed by atoms with E-state index in [0.29, 0.717) is 30.8 Å². The number of H-pyrrole nitrogens is 1. The van der Waals surface area contributed by atoms with Crippen molar-refractivity contribution in [1.82, 2.24) is 15.3 Å². The van der Waals surface area contributed by atoms with Gasteiger partial charge in [0.25, 0.3) is 0 Å². The van der Waals surface area contributed by atoms with Gasteiger partial charge >= 0.3 is 6.09 Å². The van der Waals surface area contributed by atoms with Crippen LogP contribution in [0.5, 0.6) is 0 Å². The minimum Gasteiger partial charge on any atom is -0.445 e. The van der Waals surface area contributed by atoms with Crippen LogP contribution in [0.3, 0.4) is 0 Å². The van der Waals surface area contributed by atoms with Gasteiger partial charge in [-0.15, -0.1) is 0 Å². The molecule has 0 bridgehead atoms. The van der Waals surface area contributed by atoms with E-state index in [2.05, 4.69) is 20.6 Å². The maximum absolute atomic E-state index is 13.2. The number of alkyl carbamates (subject to hydrolysis) is 1. The number of imidazole rings is 1. The zero-order valence-electron chi connectivity index (χ0n) is 20.5. The first-order chi connectivity index (χ1) is 18.1. The first kappa shape index (κ1) is 26.2. The van der Waals surface area contributed by atoms with Crippen LogP contribution in [0.2, 0.25) is 0 Å². The number of ether oxygens (including phenoxy) is 1. The first-order valence-electron chi connectivity index (χ1n) is 12.3. The van der Waals surface area contributed by atoms with Crippen molar-refractivity contribution in [2.24, 2.45) is 5.73 Å². The predicted molar refractivity (Wildman–Crippen MR) is 147 cm³/mol. The zero-order chi connectivity index (χ0) is 25.9. The number of fused-ring (bicyclic) bond motifs is 1. The molecule has 0 saturated carbocycles. The van der Waals surface area contributed by atoms with Crippen molar-refractivity contribution in [3.63, 3.8) is 0 Å². The van der Waals surface area contributed by atoms with Gasteiger partial charge in [0.05, 0.1) is 11.0 Å². The molecule has 5 N–H and O–H groups in total. The molecular formula is C28H31N5O3S. The minimum atomic E-state index is -0.745. The maximum atomic E-state index is 13.2. The highest BCUT2D eigenvalue weighted by Crippen LogP contribution is 2.27. The van der Waals surface area contributed by atoms with Gasteiger partial charge < -0.3 is 26.1 Å². The molecule has 0 spiro atoms. The Labute approximate surface area is 220 Å². The fourth-order valence-corrected chi connectivity index (χ4v) is 4.69. The number of aromatic nitrogens is 2. The summed E-state index contributed by atoms with van der Waals surface area (Å²) in [5, 5.41) is 6.53. The largest absolute Gasteiger partial charge is 0.445 e. The fourth-order valence-electron chi connectivity index (χ4n) is 3.80. The van der Waals surface area contributed by atoms with Crippen molar-refractivity contribution in [2.45, 2.75) is 42.8 Å². The third kappa shape index (κ3) is 7.83. The van der Waals surface area contributed by atoms with Gasteiger partial charge in [-0.05, 0) is 55.1 Å². The molecule has 0 fully saturated rings. The van der Waals surface area contributed by atoms with E-state index in [4.69, 9.17) is 10.5 Å². The molecule has 1 atom stereocenters. The topological polar surface area (TPSA) is 122 Å². The average Bonchev–Trinajstić information content (AvgIpc) is 3.34. The number of benzene rings is 3. The molecule has 0 aliphatic rings. The highest BCUT2D eigenvalue weighted by molar-refractivity contribution is 7.98. The van der Waals surface area contributed by atoms with Crippen molar-refractivity contribution >= 4 is 40.5 Å². The van der Waals surface area contributed by atoms with Gasteiger partial charge in [-0.1, -0.05) is 72.4 Å². The summed E-state index contributed by atoms with van der Waals surface area (Å²) in [7, 11) is 0. The van der Waals surface area contributed by atoms with Crippen molar-refractivity contribution in [3.8, 4) is 0 Å². The number of nitrogens with two attached hydrogens (primary N) is 1. The number of unbranched alkanes of at least 4 members (excludes halogenated alkanes) is 1. The number of nitrogens with zero attached hydrogens (tertiary/aromatic N) is 1. The summed E-state index contributed by atoms with van der Waals surface area (Å²) in [6, 6.07) is 24.2.